The Kier molecular flexibility index (Phi) is 4.09. The summed E-state index contributed by atoms with van der Waals surface area (Å²) in [6.07, 6.45) is 3.94. The van der Waals surface area contributed by atoms with Crippen LogP contribution in [0.15, 0.2) is 42.7 Å². The van der Waals surface area contributed by atoms with E-state index < -0.39 is 0 Å². The number of nitrogens with two attached hydrogens (primary N) is 1. The van der Waals surface area contributed by atoms with Gasteiger partial charge in [-0.2, -0.15) is 5.10 Å². The average molecular weight is 244 g/mol. The van der Waals surface area contributed by atoms with Gasteiger partial charge in [0.05, 0.1) is 0 Å². The minimum Gasteiger partial charge on any atom is -0.326 e. The van der Waals surface area contributed by atoms with Crippen LogP contribution in [0.4, 0.5) is 5.69 Å². The molecule has 0 bridgehead atoms. The lowest BCUT2D eigenvalue weighted by Crippen LogP contribution is -2.14. The second kappa shape index (κ2) is 5.97. The molecule has 5 heteroatoms. The van der Waals surface area contributed by atoms with Crippen LogP contribution >= 0.6 is 0 Å². The lowest BCUT2D eigenvalue weighted by atomic mass is 10.2. The van der Waals surface area contributed by atoms with E-state index in [1.165, 1.54) is 0 Å². The van der Waals surface area contributed by atoms with Gasteiger partial charge in [0, 0.05) is 37.6 Å². The van der Waals surface area contributed by atoms with Crippen molar-refractivity contribution in [3.8, 4) is 0 Å². The summed E-state index contributed by atoms with van der Waals surface area (Å²) in [6, 6.07) is 9.36. The minimum absolute atomic E-state index is 0.0222. The quantitative estimate of drug-likeness (QED) is 0.834. The number of anilines is 1. The molecule has 0 saturated heterocycles. The third kappa shape index (κ3) is 3.43. The van der Waals surface area contributed by atoms with Gasteiger partial charge in [-0.3, -0.25) is 9.48 Å². The van der Waals surface area contributed by atoms with Crippen LogP contribution in [0.5, 0.6) is 0 Å². The largest absolute Gasteiger partial charge is 0.326 e. The van der Waals surface area contributed by atoms with Gasteiger partial charge in [0.2, 0.25) is 5.91 Å². The number of benzene rings is 1. The fourth-order valence-corrected chi connectivity index (χ4v) is 1.60. The monoisotopic (exact) mass is 244 g/mol. The van der Waals surface area contributed by atoms with E-state index in [4.69, 9.17) is 5.73 Å². The molecule has 0 fully saturated rings. The molecule has 1 aromatic carbocycles. The number of hydrogen-bond acceptors (Lipinski definition) is 3. The van der Waals surface area contributed by atoms with Gasteiger partial charge in [-0.1, -0.05) is 12.1 Å². The highest BCUT2D eigenvalue weighted by Crippen LogP contribution is 2.09. The third-order valence-electron chi connectivity index (χ3n) is 2.60. The number of hydrogen-bond donors (Lipinski definition) is 2. The zero-order valence-corrected chi connectivity index (χ0v) is 10.0. The van der Waals surface area contributed by atoms with E-state index in [0.29, 0.717) is 19.5 Å². The fourth-order valence-electron chi connectivity index (χ4n) is 1.60. The van der Waals surface area contributed by atoms with Gasteiger partial charge in [0.15, 0.2) is 0 Å². The number of amides is 1. The second-order valence-corrected chi connectivity index (χ2v) is 3.97. The van der Waals surface area contributed by atoms with Gasteiger partial charge >= 0.3 is 0 Å². The highest BCUT2D eigenvalue weighted by molar-refractivity contribution is 5.90. The predicted octanol–water partition coefficient (Wildman–Crippen LogP) is 1.37. The van der Waals surface area contributed by atoms with Crippen molar-refractivity contribution in [3.63, 3.8) is 0 Å². The normalized spacial score (nSPS) is 10.3. The Hall–Kier alpha value is -2.14. The maximum Gasteiger partial charge on any atom is 0.226 e. The molecule has 0 saturated carbocycles. The molecular formula is C13H16N4O. The number of aryl methyl sites for hydroxylation is 1. The average Bonchev–Trinajstić information content (AvgIpc) is 2.90. The molecule has 3 N–H and O–H groups in total. The molecular weight excluding hydrogens is 228 g/mol. The molecule has 2 rings (SSSR count). The van der Waals surface area contributed by atoms with Crippen molar-refractivity contribution >= 4 is 11.6 Å². The number of carbonyl (C=O) groups excluding carboxylic acids is 1. The topological polar surface area (TPSA) is 72.9 Å². The minimum atomic E-state index is -0.0222. The Morgan fingerprint density at radius 2 is 2.11 bits per heavy atom. The van der Waals surface area contributed by atoms with Gasteiger partial charge in [-0.15, -0.1) is 0 Å². The first kappa shape index (κ1) is 12.3. The van der Waals surface area contributed by atoms with Gasteiger partial charge in [0.1, 0.15) is 0 Å². The van der Waals surface area contributed by atoms with E-state index in [1.807, 2.05) is 36.5 Å². The van der Waals surface area contributed by atoms with Crippen LogP contribution in [0.1, 0.15) is 12.0 Å². The Balaban J connectivity index is 1.83. The van der Waals surface area contributed by atoms with Crippen molar-refractivity contribution in [2.75, 3.05) is 5.32 Å². The highest BCUT2D eigenvalue weighted by Gasteiger charge is 2.02. The number of rotatable bonds is 5. The zero-order chi connectivity index (χ0) is 12.8. The molecule has 94 valence electrons. The summed E-state index contributed by atoms with van der Waals surface area (Å²) in [5.41, 5.74) is 7.34. The van der Waals surface area contributed by atoms with Crippen molar-refractivity contribution in [3.05, 3.63) is 48.3 Å². The molecule has 1 amide bonds. The number of aromatic nitrogens is 2. The smallest absolute Gasteiger partial charge is 0.226 e. The SMILES string of the molecule is NCc1ccc(NC(=O)CCn2cccn2)cc1. The summed E-state index contributed by atoms with van der Waals surface area (Å²) in [7, 11) is 0. The zero-order valence-electron chi connectivity index (χ0n) is 10.0. The number of nitrogens with one attached hydrogen (secondary N) is 1. The van der Waals surface area contributed by atoms with Crippen molar-refractivity contribution < 1.29 is 4.79 Å². The van der Waals surface area contributed by atoms with Gasteiger partial charge < -0.3 is 11.1 Å². The second-order valence-electron chi connectivity index (χ2n) is 3.97. The summed E-state index contributed by atoms with van der Waals surface area (Å²) in [6.45, 7) is 1.09. The van der Waals surface area contributed by atoms with E-state index in [-0.39, 0.29) is 5.91 Å². The number of carbonyl (C=O) groups is 1. The van der Waals surface area contributed by atoms with Crippen molar-refractivity contribution in [2.45, 2.75) is 19.5 Å². The summed E-state index contributed by atoms with van der Waals surface area (Å²) in [5.74, 6) is -0.0222. The van der Waals surface area contributed by atoms with Crippen molar-refractivity contribution in [1.82, 2.24) is 9.78 Å². The molecule has 0 aliphatic rings. The molecule has 0 radical (unpaired) electrons. The lowest BCUT2D eigenvalue weighted by Gasteiger charge is -2.06. The van der Waals surface area contributed by atoms with Crippen LogP contribution < -0.4 is 11.1 Å². The summed E-state index contributed by atoms with van der Waals surface area (Å²) in [4.78, 5) is 11.7. The first-order valence-electron chi connectivity index (χ1n) is 5.84. The highest BCUT2D eigenvalue weighted by atomic mass is 16.1. The van der Waals surface area contributed by atoms with E-state index in [0.717, 1.165) is 11.3 Å². The molecule has 0 aliphatic heterocycles. The van der Waals surface area contributed by atoms with E-state index in [1.54, 1.807) is 10.9 Å². The van der Waals surface area contributed by atoms with Crippen molar-refractivity contribution in [1.29, 1.82) is 0 Å². The van der Waals surface area contributed by atoms with Gasteiger partial charge in [-0.05, 0) is 23.8 Å². The predicted molar refractivity (Wildman–Crippen MR) is 69.8 cm³/mol. The first-order valence-corrected chi connectivity index (χ1v) is 5.84. The molecule has 1 aromatic heterocycles. The maximum atomic E-state index is 11.7. The molecule has 2 aromatic rings. The summed E-state index contributed by atoms with van der Waals surface area (Å²) in [5, 5.41) is 6.88. The Labute approximate surface area is 106 Å². The molecule has 1 heterocycles. The molecule has 0 unspecified atom stereocenters. The third-order valence-corrected chi connectivity index (χ3v) is 2.60. The van der Waals surface area contributed by atoms with E-state index in [9.17, 15) is 4.79 Å². The molecule has 18 heavy (non-hydrogen) atoms. The standard InChI is InChI=1S/C13H16N4O/c14-10-11-2-4-12(5-3-11)16-13(18)6-9-17-8-1-7-15-17/h1-5,7-8H,6,9-10,14H2,(H,16,18). The Morgan fingerprint density at radius 1 is 1.33 bits per heavy atom. The Bertz CT molecular complexity index is 490. The van der Waals surface area contributed by atoms with Crippen molar-refractivity contribution in [2.24, 2.45) is 5.73 Å². The van der Waals surface area contributed by atoms with Gasteiger partial charge in [-0.25, -0.2) is 0 Å². The van der Waals surface area contributed by atoms with Crippen LogP contribution in [-0.4, -0.2) is 15.7 Å². The maximum absolute atomic E-state index is 11.7. The van der Waals surface area contributed by atoms with Crippen LogP contribution in [0.2, 0.25) is 0 Å². The van der Waals surface area contributed by atoms with E-state index >= 15 is 0 Å². The summed E-state index contributed by atoms with van der Waals surface area (Å²) >= 11 is 0. The van der Waals surface area contributed by atoms with Gasteiger partial charge in [0.25, 0.3) is 0 Å². The number of nitrogens with zero attached hydrogens (tertiary/aromatic N) is 2. The van der Waals surface area contributed by atoms with Crippen LogP contribution in [0.25, 0.3) is 0 Å². The van der Waals surface area contributed by atoms with Crippen LogP contribution in [-0.2, 0) is 17.9 Å². The lowest BCUT2D eigenvalue weighted by molar-refractivity contribution is -0.116. The fraction of sp³-hybridized carbons (Fsp3) is 0.231. The Morgan fingerprint density at radius 3 is 2.72 bits per heavy atom. The summed E-state index contributed by atoms with van der Waals surface area (Å²) < 4.78 is 1.73. The first-order chi connectivity index (χ1) is 8.78. The van der Waals surface area contributed by atoms with Crippen LogP contribution in [0, 0.1) is 0 Å². The van der Waals surface area contributed by atoms with E-state index in [2.05, 4.69) is 10.4 Å². The molecule has 0 spiro atoms. The molecule has 0 aliphatic carbocycles. The molecule has 0 atom stereocenters. The molecule has 5 nitrogen and oxygen atoms in total. The van der Waals surface area contributed by atoms with Crippen LogP contribution in [0.3, 0.4) is 0 Å².